The molecular formula is C22H27N5O3. The van der Waals surface area contributed by atoms with Crippen molar-refractivity contribution in [1.29, 1.82) is 0 Å². The molecule has 1 aliphatic rings. The van der Waals surface area contributed by atoms with E-state index in [1.165, 1.54) is 11.1 Å². The standard InChI is InChI=1S/C22H27N5O3/c1-13-8-18-19(9-14(13)2)27(12-23-18)11-16-4-6-26(7-5-16)20(28)10-17-15(3)24-22(30)25-21(17)29/h8-9,12,16H,4-7,10-11H2,1-3H3,(H2,24,25,29,30). The SMILES string of the molecule is Cc1cc2ncn(CC3CCN(C(=O)Cc4c(C)[nH]c(=O)[nH]c4=O)CC3)c2cc1C. The smallest absolute Gasteiger partial charge is 0.325 e. The summed E-state index contributed by atoms with van der Waals surface area (Å²) in [4.78, 5) is 47.1. The molecule has 0 radical (unpaired) electrons. The van der Waals surface area contributed by atoms with E-state index in [0.717, 1.165) is 30.4 Å². The molecule has 2 N–H and O–H groups in total. The van der Waals surface area contributed by atoms with Gasteiger partial charge in [0.25, 0.3) is 5.56 Å². The summed E-state index contributed by atoms with van der Waals surface area (Å²) < 4.78 is 2.22. The Kier molecular flexibility index (Phi) is 5.32. The molecule has 3 aromatic rings. The van der Waals surface area contributed by atoms with Crippen molar-refractivity contribution in [3.8, 4) is 0 Å². The van der Waals surface area contributed by atoms with Crippen LogP contribution in [-0.4, -0.2) is 43.4 Å². The van der Waals surface area contributed by atoms with Crippen molar-refractivity contribution in [2.24, 2.45) is 5.92 Å². The Hall–Kier alpha value is -3.16. The Morgan fingerprint density at radius 1 is 1.10 bits per heavy atom. The van der Waals surface area contributed by atoms with Crippen molar-refractivity contribution in [3.05, 3.63) is 61.7 Å². The van der Waals surface area contributed by atoms with Crippen molar-refractivity contribution in [3.63, 3.8) is 0 Å². The number of aryl methyl sites for hydroxylation is 3. The van der Waals surface area contributed by atoms with E-state index in [9.17, 15) is 14.4 Å². The minimum atomic E-state index is -0.549. The summed E-state index contributed by atoms with van der Waals surface area (Å²) in [6, 6.07) is 4.32. The zero-order valence-electron chi connectivity index (χ0n) is 17.6. The highest BCUT2D eigenvalue weighted by Crippen LogP contribution is 2.24. The normalized spacial score (nSPS) is 15.1. The number of carbonyl (C=O) groups is 1. The molecule has 1 amide bonds. The Morgan fingerprint density at radius 3 is 2.50 bits per heavy atom. The molecule has 3 heterocycles. The van der Waals surface area contributed by atoms with E-state index < -0.39 is 11.2 Å². The number of benzene rings is 1. The molecule has 0 unspecified atom stereocenters. The predicted octanol–water partition coefficient (Wildman–Crippen LogP) is 1.82. The molecule has 30 heavy (non-hydrogen) atoms. The number of aromatic amines is 2. The lowest BCUT2D eigenvalue weighted by Crippen LogP contribution is -2.41. The summed E-state index contributed by atoms with van der Waals surface area (Å²) in [6.07, 6.45) is 3.74. The Morgan fingerprint density at radius 2 is 1.80 bits per heavy atom. The van der Waals surface area contributed by atoms with Crippen molar-refractivity contribution in [2.45, 2.75) is 46.6 Å². The van der Waals surface area contributed by atoms with Gasteiger partial charge in [-0.2, -0.15) is 0 Å². The number of carbonyl (C=O) groups excluding carboxylic acids is 1. The summed E-state index contributed by atoms with van der Waals surface area (Å²) in [5.74, 6) is 0.402. The maximum atomic E-state index is 12.7. The molecule has 0 aliphatic carbocycles. The topological polar surface area (TPSA) is 104 Å². The minimum absolute atomic E-state index is 0.00734. The van der Waals surface area contributed by atoms with Crippen molar-refractivity contribution < 1.29 is 4.79 Å². The number of H-pyrrole nitrogens is 2. The molecule has 1 aromatic carbocycles. The number of hydrogen-bond donors (Lipinski definition) is 2. The molecule has 1 aliphatic heterocycles. The molecule has 0 saturated carbocycles. The second kappa shape index (κ2) is 7.93. The van der Waals surface area contributed by atoms with Crippen molar-refractivity contribution in [2.75, 3.05) is 13.1 Å². The van der Waals surface area contributed by atoms with E-state index in [0.29, 0.717) is 30.3 Å². The number of aromatic nitrogens is 4. The molecule has 2 aromatic heterocycles. The maximum Gasteiger partial charge on any atom is 0.325 e. The van der Waals surface area contributed by atoms with Crippen LogP contribution < -0.4 is 11.2 Å². The van der Waals surface area contributed by atoms with E-state index in [1.807, 2.05) is 11.2 Å². The van der Waals surface area contributed by atoms with Crippen LogP contribution in [-0.2, 0) is 17.8 Å². The number of piperidine rings is 1. The summed E-state index contributed by atoms with van der Waals surface area (Å²) >= 11 is 0. The first-order valence-corrected chi connectivity index (χ1v) is 10.3. The molecule has 8 heteroatoms. The fraction of sp³-hybridized carbons (Fsp3) is 0.455. The first kappa shape index (κ1) is 20.1. The maximum absolute atomic E-state index is 12.7. The van der Waals surface area contributed by atoms with Crippen LogP contribution in [0.25, 0.3) is 11.0 Å². The van der Waals surface area contributed by atoms with E-state index in [1.54, 1.807) is 6.92 Å². The molecule has 1 saturated heterocycles. The number of rotatable bonds is 4. The second-order valence-electron chi connectivity index (χ2n) is 8.33. The Bertz CT molecular complexity index is 1210. The fourth-order valence-corrected chi connectivity index (χ4v) is 4.20. The summed E-state index contributed by atoms with van der Waals surface area (Å²) in [6.45, 7) is 8.10. The lowest BCUT2D eigenvalue weighted by atomic mass is 9.96. The number of hydrogen-bond acceptors (Lipinski definition) is 4. The van der Waals surface area contributed by atoms with Gasteiger partial charge >= 0.3 is 5.69 Å². The molecule has 0 atom stereocenters. The molecule has 158 valence electrons. The third kappa shape index (κ3) is 3.94. The van der Waals surface area contributed by atoms with Gasteiger partial charge in [0.05, 0.1) is 23.8 Å². The summed E-state index contributed by atoms with van der Waals surface area (Å²) in [7, 11) is 0. The van der Waals surface area contributed by atoms with Gasteiger partial charge in [0.2, 0.25) is 5.91 Å². The molecule has 0 spiro atoms. The number of amides is 1. The molecule has 1 fully saturated rings. The zero-order valence-corrected chi connectivity index (χ0v) is 17.6. The number of likely N-dealkylation sites (tertiary alicyclic amines) is 1. The van der Waals surface area contributed by atoms with Crippen LogP contribution in [0.3, 0.4) is 0 Å². The van der Waals surface area contributed by atoms with Gasteiger partial charge in [-0.05, 0) is 62.8 Å². The van der Waals surface area contributed by atoms with Crippen molar-refractivity contribution in [1.82, 2.24) is 24.4 Å². The lowest BCUT2D eigenvalue weighted by molar-refractivity contribution is -0.131. The van der Waals surface area contributed by atoms with Gasteiger partial charge < -0.3 is 14.5 Å². The van der Waals surface area contributed by atoms with Crippen LogP contribution in [0.2, 0.25) is 0 Å². The third-order valence-corrected chi connectivity index (χ3v) is 6.24. The van der Waals surface area contributed by atoms with E-state index >= 15 is 0 Å². The van der Waals surface area contributed by atoms with Gasteiger partial charge in [-0.1, -0.05) is 0 Å². The molecule has 4 rings (SSSR count). The second-order valence-corrected chi connectivity index (χ2v) is 8.33. The highest BCUT2D eigenvalue weighted by Gasteiger charge is 2.24. The first-order valence-electron chi connectivity index (χ1n) is 10.3. The van der Waals surface area contributed by atoms with Gasteiger partial charge in [-0.25, -0.2) is 9.78 Å². The van der Waals surface area contributed by atoms with Crippen LogP contribution in [0.1, 0.15) is 35.2 Å². The van der Waals surface area contributed by atoms with E-state index in [4.69, 9.17) is 0 Å². The summed E-state index contributed by atoms with van der Waals surface area (Å²) in [5.41, 5.74) is 4.43. The van der Waals surface area contributed by atoms with E-state index in [-0.39, 0.29) is 12.3 Å². The van der Waals surface area contributed by atoms with Crippen LogP contribution in [0.5, 0.6) is 0 Å². The van der Waals surface area contributed by atoms with Crippen LogP contribution in [0.4, 0.5) is 0 Å². The quantitative estimate of drug-likeness (QED) is 0.686. The number of nitrogens with one attached hydrogen (secondary N) is 2. The van der Waals surface area contributed by atoms with Gasteiger partial charge in [0.1, 0.15) is 0 Å². The van der Waals surface area contributed by atoms with Gasteiger partial charge in [-0.3, -0.25) is 14.6 Å². The molecule has 8 nitrogen and oxygen atoms in total. The summed E-state index contributed by atoms with van der Waals surface area (Å²) in [5, 5.41) is 0. The third-order valence-electron chi connectivity index (χ3n) is 6.24. The average Bonchev–Trinajstić information content (AvgIpc) is 3.07. The monoisotopic (exact) mass is 409 g/mol. The van der Waals surface area contributed by atoms with Crippen LogP contribution in [0, 0.1) is 26.7 Å². The van der Waals surface area contributed by atoms with Crippen LogP contribution >= 0.6 is 0 Å². The van der Waals surface area contributed by atoms with Crippen LogP contribution in [0.15, 0.2) is 28.0 Å². The Balaban J connectivity index is 1.38. The average molecular weight is 409 g/mol. The fourth-order valence-electron chi connectivity index (χ4n) is 4.20. The highest BCUT2D eigenvalue weighted by molar-refractivity contribution is 5.79. The number of fused-ring (bicyclic) bond motifs is 1. The van der Waals surface area contributed by atoms with Gasteiger partial charge in [-0.15, -0.1) is 0 Å². The largest absolute Gasteiger partial charge is 0.342 e. The van der Waals surface area contributed by atoms with Gasteiger partial charge in [0.15, 0.2) is 0 Å². The Labute approximate surface area is 174 Å². The molecular weight excluding hydrogens is 382 g/mol. The van der Waals surface area contributed by atoms with E-state index in [2.05, 4.69) is 45.5 Å². The highest BCUT2D eigenvalue weighted by atomic mass is 16.2. The number of nitrogens with zero attached hydrogens (tertiary/aromatic N) is 3. The first-order chi connectivity index (χ1) is 14.3. The van der Waals surface area contributed by atoms with Gasteiger partial charge in [0, 0.05) is 30.9 Å². The minimum Gasteiger partial charge on any atom is -0.342 e. The zero-order chi connectivity index (χ0) is 21.4. The number of imidazole rings is 1. The lowest BCUT2D eigenvalue weighted by Gasteiger charge is -2.32. The molecule has 0 bridgehead atoms. The predicted molar refractivity (Wildman–Crippen MR) is 115 cm³/mol. The van der Waals surface area contributed by atoms with Crippen molar-refractivity contribution >= 4 is 16.9 Å².